The maximum Gasteiger partial charge on any atom is 0.128 e. The van der Waals surface area contributed by atoms with Crippen molar-refractivity contribution in [3.63, 3.8) is 0 Å². The molecule has 0 aliphatic carbocycles. The Morgan fingerprint density at radius 2 is 1.95 bits per heavy atom. The third-order valence-electron chi connectivity index (χ3n) is 3.48. The second-order valence-corrected chi connectivity index (χ2v) is 5.44. The second-order valence-electron chi connectivity index (χ2n) is 5.00. The molecule has 0 radical (unpaired) electrons. The van der Waals surface area contributed by atoms with Crippen LogP contribution in [-0.2, 0) is 13.7 Å². The lowest BCUT2D eigenvalue weighted by molar-refractivity contribution is 0.298. The molecule has 0 saturated carbocycles. The highest BCUT2D eigenvalue weighted by Crippen LogP contribution is 2.22. The third kappa shape index (κ3) is 2.52. The van der Waals surface area contributed by atoms with Gasteiger partial charge in [-0.05, 0) is 43.3 Å². The van der Waals surface area contributed by atoms with Gasteiger partial charge in [0.2, 0.25) is 0 Å². The van der Waals surface area contributed by atoms with Gasteiger partial charge in [-0.25, -0.2) is 0 Å². The fourth-order valence-electron chi connectivity index (χ4n) is 2.38. The highest BCUT2D eigenvalue weighted by Gasteiger charge is 2.06. The molecular formula is C17H16ClNO. The lowest BCUT2D eigenvalue weighted by Crippen LogP contribution is -2.01. The van der Waals surface area contributed by atoms with E-state index in [-0.39, 0.29) is 0 Å². The molecule has 0 bridgehead atoms. The first-order chi connectivity index (χ1) is 9.63. The summed E-state index contributed by atoms with van der Waals surface area (Å²) < 4.78 is 7.97. The smallest absolute Gasteiger partial charge is 0.128 e. The highest BCUT2D eigenvalue weighted by atomic mass is 35.5. The van der Waals surface area contributed by atoms with E-state index in [9.17, 15) is 0 Å². The van der Waals surface area contributed by atoms with Crippen molar-refractivity contribution < 1.29 is 4.74 Å². The van der Waals surface area contributed by atoms with Gasteiger partial charge in [-0.3, -0.25) is 0 Å². The maximum atomic E-state index is 5.95. The summed E-state index contributed by atoms with van der Waals surface area (Å²) in [6.07, 6.45) is 0. The number of benzene rings is 2. The third-order valence-corrected chi connectivity index (χ3v) is 3.72. The van der Waals surface area contributed by atoms with E-state index in [1.54, 1.807) is 0 Å². The largest absolute Gasteiger partial charge is 0.487 e. The maximum absolute atomic E-state index is 5.95. The number of hydrogen-bond donors (Lipinski definition) is 0. The molecule has 102 valence electrons. The number of nitrogens with zero attached hydrogens (tertiary/aromatic N) is 1. The van der Waals surface area contributed by atoms with Crippen LogP contribution in [0.2, 0.25) is 5.02 Å². The van der Waals surface area contributed by atoms with Crippen LogP contribution in [-0.4, -0.2) is 4.57 Å². The van der Waals surface area contributed by atoms with Crippen LogP contribution in [0.5, 0.6) is 5.75 Å². The number of halogens is 1. The van der Waals surface area contributed by atoms with E-state index in [1.807, 2.05) is 24.3 Å². The number of fused-ring (bicyclic) bond motifs is 1. The van der Waals surface area contributed by atoms with Gasteiger partial charge in [0.05, 0.1) is 5.69 Å². The molecule has 3 heteroatoms. The highest BCUT2D eigenvalue weighted by molar-refractivity contribution is 6.30. The van der Waals surface area contributed by atoms with E-state index in [0.717, 1.165) is 11.4 Å². The molecule has 0 spiro atoms. The van der Waals surface area contributed by atoms with Crippen molar-refractivity contribution in [2.45, 2.75) is 13.5 Å². The summed E-state index contributed by atoms with van der Waals surface area (Å²) in [4.78, 5) is 0. The molecule has 2 nitrogen and oxygen atoms in total. The molecule has 0 amide bonds. The van der Waals surface area contributed by atoms with Crippen LogP contribution in [0.25, 0.3) is 10.9 Å². The van der Waals surface area contributed by atoms with Crippen LogP contribution in [0.4, 0.5) is 0 Å². The van der Waals surface area contributed by atoms with Crippen molar-refractivity contribution in [2.75, 3.05) is 0 Å². The van der Waals surface area contributed by atoms with Gasteiger partial charge in [-0.2, -0.15) is 0 Å². The Kier molecular flexibility index (Phi) is 3.41. The quantitative estimate of drug-likeness (QED) is 0.679. The standard InChI is InChI=1S/C17H16ClNO/c1-12-6-7-17-13(8-12)9-15(19(17)2)11-20-16-5-3-4-14(18)10-16/h3-10H,11H2,1-2H3. The van der Waals surface area contributed by atoms with Crippen molar-refractivity contribution in [1.82, 2.24) is 4.57 Å². The topological polar surface area (TPSA) is 14.2 Å². The number of aromatic nitrogens is 1. The van der Waals surface area contributed by atoms with E-state index >= 15 is 0 Å². The Bertz CT molecular complexity index is 761. The fraction of sp³-hybridized carbons (Fsp3) is 0.176. The van der Waals surface area contributed by atoms with Gasteiger partial charge in [0, 0.05) is 23.0 Å². The summed E-state index contributed by atoms with van der Waals surface area (Å²) in [5.74, 6) is 0.791. The average Bonchev–Trinajstić information content (AvgIpc) is 2.72. The van der Waals surface area contributed by atoms with Gasteiger partial charge in [0.15, 0.2) is 0 Å². The van der Waals surface area contributed by atoms with Gasteiger partial charge in [-0.1, -0.05) is 29.3 Å². The molecule has 0 unspecified atom stereocenters. The van der Waals surface area contributed by atoms with Crippen LogP contribution in [0, 0.1) is 6.92 Å². The summed E-state index contributed by atoms with van der Waals surface area (Å²) in [7, 11) is 2.06. The van der Waals surface area contributed by atoms with E-state index in [1.165, 1.54) is 16.5 Å². The summed E-state index contributed by atoms with van der Waals surface area (Å²) in [6, 6.07) is 16.1. The molecule has 0 aliphatic rings. The van der Waals surface area contributed by atoms with Crippen molar-refractivity contribution in [3.05, 3.63) is 64.8 Å². The monoisotopic (exact) mass is 285 g/mol. The minimum Gasteiger partial charge on any atom is -0.487 e. The molecule has 1 aromatic heterocycles. The molecular weight excluding hydrogens is 270 g/mol. The van der Waals surface area contributed by atoms with Gasteiger partial charge in [0.25, 0.3) is 0 Å². The lowest BCUT2D eigenvalue weighted by atomic mass is 10.2. The summed E-state index contributed by atoms with van der Waals surface area (Å²) in [5.41, 5.74) is 3.64. The van der Waals surface area contributed by atoms with Crippen LogP contribution in [0.1, 0.15) is 11.3 Å². The van der Waals surface area contributed by atoms with Gasteiger partial charge in [-0.15, -0.1) is 0 Å². The Balaban J connectivity index is 1.86. The molecule has 0 aliphatic heterocycles. The summed E-state index contributed by atoms with van der Waals surface area (Å²) >= 11 is 5.95. The number of hydrogen-bond acceptors (Lipinski definition) is 1. The van der Waals surface area contributed by atoms with Crippen LogP contribution < -0.4 is 4.74 Å². The first-order valence-electron chi connectivity index (χ1n) is 6.57. The molecule has 3 rings (SSSR count). The van der Waals surface area contributed by atoms with E-state index in [4.69, 9.17) is 16.3 Å². The average molecular weight is 286 g/mol. The fourth-order valence-corrected chi connectivity index (χ4v) is 2.56. The zero-order valence-electron chi connectivity index (χ0n) is 11.6. The van der Waals surface area contributed by atoms with Crippen LogP contribution in [0.15, 0.2) is 48.5 Å². The zero-order valence-corrected chi connectivity index (χ0v) is 12.3. The molecule has 20 heavy (non-hydrogen) atoms. The molecule has 0 atom stereocenters. The molecule has 0 fully saturated rings. The summed E-state index contributed by atoms with van der Waals surface area (Å²) in [5, 5.41) is 1.94. The first-order valence-corrected chi connectivity index (χ1v) is 6.94. The number of aryl methyl sites for hydroxylation is 2. The van der Waals surface area contributed by atoms with Gasteiger partial charge < -0.3 is 9.30 Å². The summed E-state index contributed by atoms with van der Waals surface area (Å²) in [6.45, 7) is 2.64. The molecule has 0 N–H and O–H groups in total. The minimum atomic E-state index is 0.532. The molecule has 0 saturated heterocycles. The van der Waals surface area contributed by atoms with E-state index in [0.29, 0.717) is 11.6 Å². The van der Waals surface area contributed by atoms with Crippen LogP contribution >= 0.6 is 11.6 Å². The Morgan fingerprint density at radius 3 is 2.75 bits per heavy atom. The molecule has 3 aromatic rings. The van der Waals surface area contributed by atoms with Gasteiger partial charge >= 0.3 is 0 Å². The van der Waals surface area contributed by atoms with Crippen LogP contribution in [0.3, 0.4) is 0 Å². The lowest BCUT2D eigenvalue weighted by Gasteiger charge is -2.07. The van der Waals surface area contributed by atoms with Crippen molar-refractivity contribution >= 4 is 22.5 Å². The second kappa shape index (κ2) is 5.22. The van der Waals surface area contributed by atoms with E-state index in [2.05, 4.69) is 42.8 Å². The normalized spacial score (nSPS) is 10.9. The molecule has 2 aromatic carbocycles. The minimum absolute atomic E-state index is 0.532. The molecule has 1 heterocycles. The SMILES string of the molecule is Cc1ccc2c(c1)cc(COc1cccc(Cl)c1)n2C. The Hall–Kier alpha value is -1.93. The van der Waals surface area contributed by atoms with E-state index < -0.39 is 0 Å². The Morgan fingerprint density at radius 1 is 1.10 bits per heavy atom. The van der Waals surface area contributed by atoms with Gasteiger partial charge in [0.1, 0.15) is 12.4 Å². The van der Waals surface area contributed by atoms with Crippen molar-refractivity contribution in [2.24, 2.45) is 7.05 Å². The Labute approximate surface area is 123 Å². The zero-order chi connectivity index (χ0) is 14.1. The first kappa shape index (κ1) is 13.1. The number of rotatable bonds is 3. The van der Waals surface area contributed by atoms with Crippen molar-refractivity contribution in [1.29, 1.82) is 0 Å². The predicted octanol–water partition coefficient (Wildman–Crippen LogP) is 4.72. The number of ether oxygens (including phenoxy) is 1. The predicted molar refractivity (Wildman–Crippen MR) is 83.4 cm³/mol. The van der Waals surface area contributed by atoms with Crippen molar-refractivity contribution in [3.8, 4) is 5.75 Å².